The summed E-state index contributed by atoms with van der Waals surface area (Å²) in [5, 5.41) is 2.80. The van der Waals surface area contributed by atoms with Gasteiger partial charge in [0.15, 0.2) is 5.78 Å². The zero-order valence-electron chi connectivity index (χ0n) is 15.2. The van der Waals surface area contributed by atoms with Gasteiger partial charge in [-0.25, -0.2) is 4.79 Å². The van der Waals surface area contributed by atoms with Crippen LogP contribution >= 0.6 is 0 Å². The van der Waals surface area contributed by atoms with Crippen molar-refractivity contribution < 1.29 is 14.4 Å². The van der Waals surface area contributed by atoms with E-state index in [0.717, 1.165) is 21.6 Å². The standard InChI is InChI=1S/C21H22N2O3/c1-4-21(16-8-6-5-7-9-16)19(25)23(20(26)22-21)13-18(24)17-11-10-14(2)12-15(17)3/h5-12H,4,13H2,1-3H3,(H,22,26)/t21-/m1/s1. The van der Waals surface area contributed by atoms with Gasteiger partial charge in [0, 0.05) is 5.56 Å². The number of aryl methyl sites for hydroxylation is 2. The van der Waals surface area contributed by atoms with Gasteiger partial charge in [-0.05, 0) is 31.4 Å². The third-order valence-electron chi connectivity index (χ3n) is 4.96. The SMILES string of the molecule is CC[C@]1(c2ccccc2)NC(=O)N(CC(=O)c2ccc(C)cc2C)C1=O. The normalized spacial score (nSPS) is 19.6. The first-order chi connectivity index (χ1) is 12.4. The molecule has 5 nitrogen and oxygen atoms in total. The fraction of sp³-hybridized carbons (Fsp3) is 0.286. The van der Waals surface area contributed by atoms with Gasteiger partial charge in [-0.15, -0.1) is 0 Å². The predicted molar refractivity (Wildman–Crippen MR) is 98.9 cm³/mol. The van der Waals surface area contributed by atoms with Crippen LogP contribution in [-0.4, -0.2) is 29.2 Å². The van der Waals surface area contributed by atoms with Crippen LogP contribution < -0.4 is 5.32 Å². The lowest BCUT2D eigenvalue weighted by Gasteiger charge is -2.25. The first-order valence-corrected chi connectivity index (χ1v) is 8.69. The van der Waals surface area contributed by atoms with Crippen molar-refractivity contribution in [3.8, 4) is 0 Å². The summed E-state index contributed by atoms with van der Waals surface area (Å²) < 4.78 is 0. The molecule has 0 spiro atoms. The number of carbonyl (C=O) groups is 3. The highest BCUT2D eigenvalue weighted by atomic mass is 16.2. The Kier molecular flexibility index (Phi) is 4.64. The highest BCUT2D eigenvalue weighted by Crippen LogP contribution is 2.32. The molecule has 1 atom stereocenters. The van der Waals surface area contributed by atoms with Gasteiger partial charge in [-0.3, -0.25) is 14.5 Å². The van der Waals surface area contributed by atoms with E-state index >= 15 is 0 Å². The van der Waals surface area contributed by atoms with Gasteiger partial charge in [0.1, 0.15) is 5.54 Å². The average molecular weight is 350 g/mol. The molecule has 3 amide bonds. The van der Waals surface area contributed by atoms with E-state index < -0.39 is 11.6 Å². The van der Waals surface area contributed by atoms with Crippen LogP contribution in [0.5, 0.6) is 0 Å². The first kappa shape index (κ1) is 17.9. The molecule has 134 valence electrons. The van der Waals surface area contributed by atoms with Crippen molar-refractivity contribution in [2.75, 3.05) is 6.54 Å². The Balaban J connectivity index is 1.88. The Labute approximate surface area is 153 Å². The van der Waals surface area contributed by atoms with E-state index in [9.17, 15) is 14.4 Å². The molecular weight excluding hydrogens is 328 g/mol. The second kappa shape index (κ2) is 6.75. The number of hydrogen-bond donors (Lipinski definition) is 1. The number of Topliss-reactive ketones (excluding diaryl/α,β-unsaturated/α-hetero) is 1. The monoisotopic (exact) mass is 350 g/mol. The molecule has 5 heteroatoms. The fourth-order valence-electron chi connectivity index (χ4n) is 3.49. The lowest BCUT2D eigenvalue weighted by atomic mass is 9.87. The van der Waals surface area contributed by atoms with Crippen molar-refractivity contribution in [2.24, 2.45) is 0 Å². The number of ketones is 1. The number of urea groups is 1. The molecule has 1 aliphatic rings. The minimum absolute atomic E-state index is 0.244. The van der Waals surface area contributed by atoms with Crippen LogP contribution in [0.15, 0.2) is 48.5 Å². The van der Waals surface area contributed by atoms with Crippen LogP contribution in [0, 0.1) is 13.8 Å². The molecule has 1 heterocycles. The van der Waals surface area contributed by atoms with Crippen LogP contribution in [-0.2, 0) is 10.3 Å². The maximum absolute atomic E-state index is 13.1. The lowest BCUT2D eigenvalue weighted by Crippen LogP contribution is -2.43. The predicted octanol–water partition coefficient (Wildman–Crippen LogP) is 3.34. The molecule has 1 N–H and O–H groups in total. The van der Waals surface area contributed by atoms with E-state index in [2.05, 4.69) is 5.32 Å². The van der Waals surface area contributed by atoms with Crippen LogP contribution in [0.4, 0.5) is 4.79 Å². The second-order valence-corrected chi connectivity index (χ2v) is 6.69. The molecular formula is C21H22N2O3. The number of rotatable bonds is 5. The van der Waals surface area contributed by atoms with E-state index in [4.69, 9.17) is 0 Å². The molecule has 0 radical (unpaired) electrons. The summed E-state index contributed by atoms with van der Waals surface area (Å²) in [6, 6.07) is 14.1. The summed E-state index contributed by atoms with van der Waals surface area (Å²) >= 11 is 0. The topological polar surface area (TPSA) is 66.5 Å². The maximum Gasteiger partial charge on any atom is 0.325 e. The van der Waals surface area contributed by atoms with Gasteiger partial charge in [-0.1, -0.05) is 61.0 Å². The Morgan fingerprint density at radius 1 is 1.08 bits per heavy atom. The molecule has 2 aromatic carbocycles. The summed E-state index contributed by atoms with van der Waals surface area (Å²) in [4.78, 5) is 39.3. The lowest BCUT2D eigenvalue weighted by molar-refractivity contribution is -0.131. The molecule has 2 aromatic rings. The number of carbonyl (C=O) groups excluding carboxylic acids is 3. The molecule has 0 aliphatic carbocycles. The van der Waals surface area contributed by atoms with E-state index in [1.165, 1.54) is 0 Å². The van der Waals surface area contributed by atoms with Crippen molar-refractivity contribution in [2.45, 2.75) is 32.7 Å². The smallest absolute Gasteiger partial charge is 0.319 e. The van der Waals surface area contributed by atoms with Crippen LogP contribution in [0.3, 0.4) is 0 Å². The Bertz CT molecular complexity index is 876. The third-order valence-corrected chi connectivity index (χ3v) is 4.96. The van der Waals surface area contributed by atoms with E-state index in [-0.39, 0.29) is 18.2 Å². The molecule has 0 saturated carbocycles. The van der Waals surface area contributed by atoms with Crippen molar-refractivity contribution in [1.29, 1.82) is 0 Å². The van der Waals surface area contributed by atoms with Crippen LogP contribution in [0.25, 0.3) is 0 Å². The molecule has 26 heavy (non-hydrogen) atoms. The maximum atomic E-state index is 13.1. The Morgan fingerprint density at radius 3 is 2.38 bits per heavy atom. The minimum Gasteiger partial charge on any atom is -0.319 e. The van der Waals surface area contributed by atoms with E-state index in [1.807, 2.05) is 63.2 Å². The first-order valence-electron chi connectivity index (χ1n) is 8.69. The zero-order chi connectivity index (χ0) is 18.9. The fourth-order valence-corrected chi connectivity index (χ4v) is 3.49. The van der Waals surface area contributed by atoms with Gasteiger partial charge >= 0.3 is 6.03 Å². The molecule has 0 unspecified atom stereocenters. The number of benzene rings is 2. The number of amides is 3. The van der Waals surface area contributed by atoms with Crippen molar-refractivity contribution in [3.05, 3.63) is 70.8 Å². The Morgan fingerprint density at radius 2 is 1.77 bits per heavy atom. The van der Waals surface area contributed by atoms with Gasteiger partial charge in [0.05, 0.1) is 6.54 Å². The van der Waals surface area contributed by atoms with Crippen LogP contribution in [0.2, 0.25) is 0 Å². The largest absolute Gasteiger partial charge is 0.325 e. The summed E-state index contributed by atoms with van der Waals surface area (Å²) in [5.41, 5.74) is 2.04. The third kappa shape index (κ3) is 2.90. The van der Waals surface area contributed by atoms with Gasteiger partial charge < -0.3 is 5.32 Å². The molecule has 3 rings (SSSR count). The highest BCUT2D eigenvalue weighted by Gasteiger charge is 2.51. The minimum atomic E-state index is -1.11. The van der Waals surface area contributed by atoms with Gasteiger partial charge in [0.25, 0.3) is 5.91 Å². The quantitative estimate of drug-likeness (QED) is 0.664. The average Bonchev–Trinajstić information content (AvgIpc) is 2.87. The summed E-state index contributed by atoms with van der Waals surface area (Å²) in [6.07, 6.45) is 0.413. The summed E-state index contributed by atoms with van der Waals surface area (Å²) in [5.74, 6) is -0.625. The van der Waals surface area contributed by atoms with Crippen molar-refractivity contribution in [1.82, 2.24) is 10.2 Å². The van der Waals surface area contributed by atoms with E-state index in [0.29, 0.717) is 12.0 Å². The zero-order valence-corrected chi connectivity index (χ0v) is 15.2. The summed E-state index contributed by atoms with van der Waals surface area (Å²) in [7, 11) is 0. The molecule has 1 saturated heterocycles. The molecule has 0 bridgehead atoms. The van der Waals surface area contributed by atoms with Crippen molar-refractivity contribution in [3.63, 3.8) is 0 Å². The van der Waals surface area contributed by atoms with E-state index in [1.54, 1.807) is 6.07 Å². The number of nitrogens with zero attached hydrogens (tertiary/aromatic N) is 1. The molecule has 1 fully saturated rings. The van der Waals surface area contributed by atoms with Gasteiger partial charge in [-0.2, -0.15) is 0 Å². The van der Waals surface area contributed by atoms with Crippen LogP contribution in [0.1, 0.15) is 40.4 Å². The Hall–Kier alpha value is -2.95. The second-order valence-electron chi connectivity index (χ2n) is 6.69. The number of hydrogen-bond acceptors (Lipinski definition) is 3. The molecule has 1 aliphatic heterocycles. The molecule has 0 aromatic heterocycles. The number of nitrogens with one attached hydrogen (secondary N) is 1. The van der Waals surface area contributed by atoms with Gasteiger partial charge in [0.2, 0.25) is 0 Å². The summed E-state index contributed by atoms with van der Waals surface area (Å²) in [6.45, 7) is 5.39. The highest BCUT2D eigenvalue weighted by molar-refractivity contribution is 6.11. The number of imide groups is 1. The van der Waals surface area contributed by atoms with Crippen molar-refractivity contribution >= 4 is 17.7 Å².